The Morgan fingerprint density at radius 2 is 1.81 bits per heavy atom. The lowest BCUT2D eigenvalue weighted by Crippen LogP contribution is -2.27. The number of H-pyrrole nitrogens is 1. The zero-order valence-electron chi connectivity index (χ0n) is 20.5. The van der Waals surface area contributed by atoms with Crippen molar-refractivity contribution in [2.75, 3.05) is 18.5 Å². The standard InChI is InChI=1S/C28H25N9/c1-3-29-12-16-10-18(14-31-13-16)19-11-20-22(25-28(36-25)37(2)27(20)33-15-19)26-34-21-6-9-32-23(24(21)35-26)17-4-7-30-8-5-17/h4-11,13-15,28-29,36H,3,12H2,1-2H3,(H,34,35). The van der Waals surface area contributed by atoms with E-state index < -0.39 is 0 Å². The van der Waals surface area contributed by atoms with Crippen LogP contribution in [0.25, 0.3) is 39.0 Å². The van der Waals surface area contributed by atoms with Crippen LogP contribution >= 0.6 is 0 Å². The SMILES string of the molecule is CCNCc1cncc(-c2cnc3c(c2)C(c2nc4c(-c5ccncc5)nccc4[nH]2)=C2NC2N3C)c1. The van der Waals surface area contributed by atoms with E-state index in [0.29, 0.717) is 0 Å². The van der Waals surface area contributed by atoms with Gasteiger partial charge in [0.2, 0.25) is 0 Å². The third-order valence-corrected chi connectivity index (χ3v) is 6.91. The summed E-state index contributed by atoms with van der Waals surface area (Å²) in [6.07, 6.45) is 11.2. The summed E-state index contributed by atoms with van der Waals surface area (Å²) in [5, 5.41) is 6.89. The summed E-state index contributed by atoms with van der Waals surface area (Å²) in [5.41, 5.74) is 10.0. The van der Waals surface area contributed by atoms with E-state index in [0.717, 1.165) is 80.5 Å². The van der Waals surface area contributed by atoms with Gasteiger partial charge in [0.05, 0.1) is 22.5 Å². The predicted molar refractivity (Wildman–Crippen MR) is 143 cm³/mol. The van der Waals surface area contributed by atoms with Gasteiger partial charge in [-0.15, -0.1) is 0 Å². The summed E-state index contributed by atoms with van der Waals surface area (Å²) < 4.78 is 0. The van der Waals surface area contributed by atoms with Crippen LogP contribution in [-0.4, -0.2) is 49.7 Å². The number of nitrogens with one attached hydrogen (secondary N) is 3. The highest BCUT2D eigenvalue weighted by molar-refractivity contribution is 5.96. The van der Waals surface area contributed by atoms with Crippen LogP contribution < -0.4 is 15.5 Å². The fourth-order valence-corrected chi connectivity index (χ4v) is 4.99. The molecule has 5 aromatic heterocycles. The quantitative estimate of drug-likeness (QED) is 0.310. The molecular formula is C28H25N9. The number of nitrogens with zero attached hydrogens (tertiary/aromatic N) is 6. The van der Waals surface area contributed by atoms with E-state index in [9.17, 15) is 0 Å². The van der Waals surface area contributed by atoms with E-state index in [1.807, 2.05) is 43.0 Å². The molecule has 2 aliphatic rings. The van der Waals surface area contributed by atoms with Crippen LogP contribution in [-0.2, 0) is 6.54 Å². The molecule has 1 fully saturated rings. The Morgan fingerprint density at radius 3 is 2.68 bits per heavy atom. The van der Waals surface area contributed by atoms with E-state index in [1.54, 1.807) is 12.4 Å². The zero-order valence-corrected chi connectivity index (χ0v) is 20.5. The van der Waals surface area contributed by atoms with Gasteiger partial charge in [-0.25, -0.2) is 9.97 Å². The van der Waals surface area contributed by atoms with Crippen molar-refractivity contribution in [1.82, 2.24) is 40.5 Å². The van der Waals surface area contributed by atoms with Gasteiger partial charge in [0, 0.05) is 73.0 Å². The fourth-order valence-electron chi connectivity index (χ4n) is 4.99. The number of imidazole rings is 1. The highest BCUT2D eigenvalue weighted by atomic mass is 15.4. The largest absolute Gasteiger partial charge is 0.360 e. The first-order valence-electron chi connectivity index (χ1n) is 12.4. The lowest BCUT2D eigenvalue weighted by Gasteiger charge is -2.24. The molecule has 3 N–H and O–H groups in total. The van der Waals surface area contributed by atoms with Gasteiger partial charge >= 0.3 is 0 Å². The number of aromatic nitrogens is 6. The van der Waals surface area contributed by atoms with Gasteiger partial charge in [0.15, 0.2) is 0 Å². The van der Waals surface area contributed by atoms with Gasteiger partial charge < -0.3 is 20.5 Å². The van der Waals surface area contributed by atoms with Crippen LogP contribution in [0, 0.1) is 0 Å². The van der Waals surface area contributed by atoms with Crippen LogP contribution in [0.2, 0.25) is 0 Å². The van der Waals surface area contributed by atoms with E-state index >= 15 is 0 Å². The van der Waals surface area contributed by atoms with Crippen LogP contribution in [0.5, 0.6) is 0 Å². The number of anilines is 1. The Morgan fingerprint density at radius 1 is 0.946 bits per heavy atom. The molecular weight excluding hydrogens is 462 g/mol. The second kappa shape index (κ2) is 8.49. The van der Waals surface area contributed by atoms with Crippen molar-refractivity contribution in [3.8, 4) is 22.4 Å². The molecule has 182 valence electrons. The maximum absolute atomic E-state index is 5.06. The van der Waals surface area contributed by atoms with Crippen LogP contribution in [0.4, 0.5) is 5.82 Å². The van der Waals surface area contributed by atoms with Crippen molar-refractivity contribution in [3.05, 3.63) is 90.2 Å². The third kappa shape index (κ3) is 3.63. The predicted octanol–water partition coefficient (Wildman–Crippen LogP) is 3.72. The first-order valence-corrected chi connectivity index (χ1v) is 12.4. The molecule has 2 aliphatic heterocycles. The van der Waals surface area contributed by atoms with Gasteiger partial charge in [-0.3, -0.25) is 15.0 Å². The normalized spacial score (nSPS) is 15.9. The number of rotatable bonds is 6. The number of likely N-dealkylation sites (N-methyl/N-ethyl adjacent to an activating group) is 1. The average molecular weight is 488 g/mol. The molecule has 5 aromatic rings. The maximum Gasteiger partial charge on any atom is 0.142 e. The molecule has 0 bridgehead atoms. The molecule has 0 radical (unpaired) electrons. The van der Waals surface area contributed by atoms with Crippen molar-refractivity contribution in [2.45, 2.75) is 19.6 Å². The second-order valence-corrected chi connectivity index (χ2v) is 9.28. The van der Waals surface area contributed by atoms with Crippen molar-refractivity contribution in [1.29, 1.82) is 0 Å². The van der Waals surface area contributed by atoms with Crippen molar-refractivity contribution in [2.24, 2.45) is 0 Å². The monoisotopic (exact) mass is 487 g/mol. The van der Waals surface area contributed by atoms with Crippen LogP contribution in [0.1, 0.15) is 23.9 Å². The molecule has 1 atom stereocenters. The maximum atomic E-state index is 5.06. The summed E-state index contributed by atoms with van der Waals surface area (Å²) in [7, 11) is 2.07. The summed E-state index contributed by atoms with van der Waals surface area (Å²) >= 11 is 0. The molecule has 0 spiro atoms. The summed E-state index contributed by atoms with van der Waals surface area (Å²) in [6, 6.07) is 10.2. The summed E-state index contributed by atoms with van der Waals surface area (Å²) in [6.45, 7) is 3.80. The molecule has 9 nitrogen and oxygen atoms in total. The van der Waals surface area contributed by atoms with Crippen LogP contribution in [0.15, 0.2) is 73.2 Å². The molecule has 9 heteroatoms. The lowest BCUT2D eigenvalue weighted by atomic mass is 9.98. The Kier molecular flexibility index (Phi) is 4.97. The van der Waals surface area contributed by atoms with E-state index in [-0.39, 0.29) is 6.17 Å². The molecule has 1 saturated heterocycles. The second-order valence-electron chi connectivity index (χ2n) is 9.28. The topological polar surface area (TPSA) is 117 Å². The number of pyridine rings is 4. The van der Waals surface area contributed by atoms with Crippen LogP contribution in [0.3, 0.4) is 0 Å². The number of hydrogen-bond acceptors (Lipinski definition) is 8. The molecule has 0 saturated carbocycles. The Bertz CT molecular complexity index is 1670. The lowest BCUT2D eigenvalue weighted by molar-refractivity contribution is 0.724. The molecule has 7 heterocycles. The van der Waals surface area contributed by atoms with E-state index in [4.69, 9.17) is 9.97 Å². The summed E-state index contributed by atoms with van der Waals surface area (Å²) in [5.74, 6) is 1.72. The van der Waals surface area contributed by atoms with Crippen molar-refractivity contribution in [3.63, 3.8) is 0 Å². The molecule has 0 amide bonds. The Balaban J connectivity index is 1.35. The number of aromatic amines is 1. The average Bonchev–Trinajstić information content (AvgIpc) is 3.62. The first-order chi connectivity index (χ1) is 18.2. The first kappa shape index (κ1) is 21.6. The van der Waals surface area contributed by atoms with Crippen molar-refractivity contribution >= 4 is 22.4 Å². The smallest absolute Gasteiger partial charge is 0.142 e. The highest BCUT2D eigenvalue weighted by Gasteiger charge is 2.44. The number of fused-ring (bicyclic) bond motifs is 3. The highest BCUT2D eigenvalue weighted by Crippen LogP contribution is 2.44. The fraction of sp³-hybridized carbons (Fsp3) is 0.179. The number of hydrogen-bond donors (Lipinski definition) is 3. The van der Waals surface area contributed by atoms with Gasteiger partial charge in [0.1, 0.15) is 23.3 Å². The molecule has 0 aromatic carbocycles. The Labute approximate surface area is 213 Å². The summed E-state index contributed by atoms with van der Waals surface area (Å²) in [4.78, 5) is 28.9. The molecule has 37 heavy (non-hydrogen) atoms. The molecule has 1 unspecified atom stereocenters. The van der Waals surface area contributed by atoms with Gasteiger partial charge in [-0.1, -0.05) is 6.92 Å². The van der Waals surface area contributed by atoms with Gasteiger partial charge in [-0.2, -0.15) is 0 Å². The molecule has 0 aliphatic carbocycles. The Hall–Kier alpha value is -4.63. The van der Waals surface area contributed by atoms with Gasteiger partial charge in [0.25, 0.3) is 0 Å². The third-order valence-electron chi connectivity index (χ3n) is 6.91. The molecule has 7 rings (SSSR count). The zero-order chi connectivity index (χ0) is 24.9. The van der Waals surface area contributed by atoms with Gasteiger partial charge in [-0.05, 0) is 42.4 Å². The minimum atomic E-state index is 0.122. The minimum Gasteiger partial charge on any atom is -0.360 e. The van der Waals surface area contributed by atoms with Crippen molar-refractivity contribution < 1.29 is 0 Å². The van der Waals surface area contributed by atoms with E-state index in [1.165, 1.54) is 0 Å². The van der Waals surface area contributed by atoms with E-state index in [2.05, 4.69) is 61.6 Å². The minimum absolute atomic E-state index is 0.122.